The van der Waals surface area contributed by atoms with Crippen molar-refractivity contribution < 1.29 is 18.1 Å². The minimum Gasteiger partial charge on any atom is -0.376 e. The van der Waals surface area contributed by atoms with Gasteiger partial charge in [0.25, 0.3) is 21.6 Å². The number of rotatable bonds is 15. The van der Waals surface area contributed by atoms with E-state index in [2.05, 4.69) is 15.2 Å². The number of carbonyl (C=O) groups is 1. The Morgan fingerprint density at radius 1 is 1.00 bits per heavy atom. The summed E-state index contributed by atoms with van der Waals surface area (Å²) in [6, 6.07) is 22.6. The molecule has 1 heterocycles. The first-order valence-corrected chi connectivity index (χ1v) is 17.1. The molecule has 13 heteroatoms. The van der Waals surface area contributed by atoms with Crippen molar-refractivity contribution in [2.45, 2.75) is 42.0 Å². The van der Waals surface area contributed by atoms with Crippen molar-refractivity contribution in [2.24, 2.45) is 0 Å². The van der Waals surface area contributed by atoms with Crippen molar-refractivity contribution in [1.82, 2.24) is 14.6 Å². The summed E-state index contributed by atoms with van der Waals surface area (Å²) in [4.78, 5) is 41.4. The summed E-state index contributed by atoms with van der Waals surface area (Å²) in [7, 11) is -0.416. The topological polar surface area (TPSA) is 155 Å². The van der Waals surface area contributed by atoms with Gasteiger partial charge in [0.1, 0.15) is 5.69 Å². The van der Waals surface area contributed by atoms with E-state index in [9.17, 15) is 28.1 Å². The van der Waals surface area contributed by atoms with Crippen LogP contribution in [0.4, 0.5) is 11.4 Å². The summed E-state index contributed by atoms with van der Waals surface area (Å²) in [5, 5.41) is 15.4. The number of hydrogen-bond acceptors (Lipinski definition) is 9. The van der Waals surface area contributed by atoms with Gasteiger partial charge in [-0.2, -0.15) is 0 Å². The standard InChI is InChI=1S/C33H37N5O6S2/c1-23-29(17-19-32(39)34-23)24-12-14-25(15-13-24)33(40)36-46(43,44)28-16-18-30(31(21-28)38(41)42)35-26(9-7-8-20-37(2)3)22-45-27-10-5-4-6-11-27/h4-6,10-19,21,26,35H,7-9,20,22H2,1-3H3,(H,34,39)(H,36,40)/t26-/m1/s1. The number of aromatic amines is 1. The number of H-pyrrole nitrogens is 1. The fourth-order valence-electron chi connectivity index (χ4n) is 4.83. The first-order valence-electron chi connectivity index (χ1n) is 14.7. The number of unbranched alkanes of at least 4 members (excludes halogenated alkanes) is 1. The molecule has 0 unspecified atom stereocenters. The first kappa shape index (κ1) is 34.4. The molecular weight excluding hydrogens is 627 g/mol. The van der Waals surface area contributed by atoms with Crippen LogP contribution in [0.3, 0.4) is 0 Å². The fraction of sp³-hybridized carbons (Fsp3) is 0.273. The summed E-state index contributed by atoms with van der Waals surface area (Å²) in [6.45, 7) is 2.68. The van der Waals surface area contributed by atoms with Gasteiger partial charge < -0.3 is 15.2 Å². The Morgan fingerprint density at radius 2 is 1.72 bits per heavy atom. The van der Waals surface area contributed by atoms with Crippen molar-refractivity contribution >= 4 is 39.1 Å². The third kappa shape index (κ3) is 9.52. The zero-order valence-electron chi connectivity index (χ0n) is 25.9. The maximum absolute atomic E-state index is 13.2. The second kappa shape index (κ2) is 15.7. The minimum absolute atomic E-state index is 0.0789. The first-order chi connectivity index (χ1) is 21.9. The molecule has 0 saturated heterocycles. The quantitative estimate of drug-likeness (QED) is 0.0631. The van der Waals surface area contributed by atoms with Crippen molar-refractivity contribution in [2.75, 3.05) is 31.7 Å². The predicted octanol–water partition coefficient (Wildman–Crippen LogP) is 5.68. The van der Waals surface area contributed by atoms with Gasteiger partial charge in [0.2, 0.25) is 5.56 Å². The summed E-state index contributed by atoms with van der Waals surface area (Å²) in [5.74, 6) is -0.231. The zero-order chi connectivity index (χ0) is 33.3. The van der Waals surface area contributed by atoms with Crippen LogP contribution in [-0.2, 0) is 10.0 Å². The van der Waals surface area contributed by atoms with Crippen LogP contribution in [-0.4, -0.2) is 61.6 Å². The van der Waals surface area contributed by atoms with Gasteiger partial charge in [-0.1, -0.05) is 36.8 Å². The van der Waals surface area contributed by atoms with Crippen LogP contribution in [0, 0.1) is 17.0 Å². The molecule has 0 fully saturated rings. The molecule has 0 saturated carbocycles. The number of sulfonamides is 1. The van der Waals surface area contributed by atoms with E-state index in [0.29, 0.717) is 11.4 Å². The highest BCUT2D eigenvalue weighted by Crippen LogP contribution is 2.30. The van der Waals surface area contributed by atoms with Gasteiger partial charge in [-0.05, 0) is 88.4 Å². The number of nitro benzene ring substituents is 1. The van der Waals surface area contributed by atoms with Gasteiger partial charge in [-0.15, -0.1) is 11.8 Å². The molecule has 1 atom stereocenters. The lowest BCUT2D eigenvalue weighted by Gasteiger charge is -2.20. The van der Waals surface area contributed by atoms with Crippen LogP contribution in [0.5, 0.6) is 0 Å². The minimum atomic E-state index is -4.43. The van der Waals surface area contributed by atoms with Crippen molar-refractivity contribution in [3.05, 3.63) is 117 Å². The number of benzene rings is 3. The number of carbonyl (C=O) groups excluding carboxylic acids is 1. The maximum Gasteiger partial charge on any atom is 0.293 e. The molecule has 0 spiro atoms. The second-order valence-electron chi connectivity index (χ2n) is 11.1. The fourth-order valence-corrected chi connectivity index (χ4v) is 6.82. The summed E-state index contributed by atoms with van der Waals surface area (Å²) >= 11 is 1.64. The summed E-state index contributed by atoms with van der Waals surface area (Å²) < 4.78 is 28.3. The van der Waals surface area contributed by atoms with Gasteiger partial charge in [0.05, 0.1) is 9.82 Å². The highest BCUT2D eigenvalue weighted by Gasteiger charge is 2.25. The normalized spacial score (nSPS) is 12.1. The van der Waals surface area contributed by atoms with Crippen molar-refractivity contribution in [3.8, 4) is 11.1 Å². The number of nitrogens with zero attached hydrogens (tertiary/aromatic N) is 2. The highest BCUT2D eigenvalue weighted by molar-refractivity contribution is 7.99. The SMILES string of the molecule is Cc1[nH]c(=O)ccc1-c1ccc(C(=O)NS(=O)(=O)c2ccc(N[C@H](CCCCN(C)C)CSc3ccccc3)c([N+](=O)[O-])c2)cc1. The van der Waals surface area contributed by atoms with Crippen molar-refractivity contribution in [1.29, 1.82) is 0 Å². The Balaban J connectivity index is 1.49. The van der Waals surface area contributed by atoms with Crippen LogP contribution in [0.1, 0.15) is 35.3 Å². The lowest BCUT2D eigenvalue weighted by atomic mass is 10.0. The molecule has 3 aromatic carbocycles. The summed E-state index contributed by atoms with van der Waals surface area (Å²) in [5.41, 5.74) is 1.78. The molecule has 1 aromatic heterocycles. The molecule has 11 nitrogen and oxygen atoms in total. The van der Waals surface area contributed by atoms with Gasteiger partial charge in [0.15, 0.2) is 0 Å². The molecule has 0 radical (unpaired) electrons. The Kier molecular flexibility index (Phi) is 11.7. The van der Waals surface area contributed by atoms with E-state index in [1.165, 1.54) is 30.3 Å². The number of amides is 1. The van der Waals surface area contributed by atoms with Crippen molar-refractivity contribution in [3.63, 3.8) is 0 Å². The van der Waals surface area contributed by atoms with E-state index in [1.807, 2.05) is 49.1 Å². The number of anilines is 1. The molecule has 0 aliphatic heterocycles. The Bertz CT molecular complexity index is 1830. The maximum atomic E-state index is 13.2. The van der Waals surface area contributed by atoms with Crippen LogP contribution < -0.4 is 15.6 Å². The van der Waals surface area contributed by atoms with Gasteiger partial charge in [-0.25, -0.2) is 13.1 Å². The monoisotopic (exact) mass is 663 g/mol. The Labute approximate surface area is 272 Å². The van der Waals surface area contributed by atoms with Crippen LogP contribution in [0.25, 0.3) is 11.1 Å². The molecule has 0 aliphatic rings. The molecule has 242 valence electrons. The van der Waals surface area contributed by atoms with Gasteiger partial charge >= 0.3 is 0 Å². The number of nitro groups is 1. The molecular formula is C33H37N5O6S2. The van der Waals surface area contributed by atoms with Gasteiger partial charge in [-0.3, -0.25) is 19.7 Å². The molecule has 0 bridgehead atoms. The van der Waals surface area contributed by atoms with E-state index in [-0.39, 0.29) is 22.9 Å². The molecule has 0 aliphatic carbocycles. The molecule has 4 rings (SSSR count). The lowest BCUT2D eigenvalue weighted by Crippen LogP contribution is -2.30. The number of hydrogen-bond donors (Lipinski definition) is 3. The molecule has 3 N–H and O–H groups in total. The smallest absolute Gasteiger partial charge is 0.293 e. The molecule has 46 heavy (non-hydrogen) atoms. The number of pyridine rings is 1. The van der Waals surface area contributed by atoms with Gasteiger partial charge in [0, 0.05) is 45.6 Å². The third-order valence-corrected chi connectivity index (χ3v) is 9.74. The van der Waals surface area contributed by atoms with Crippen LogP contribution in [0.15, 0.2) is 99.5 Å². The zero-order valence-corrected chi connectivity index (χ0v) is 27.5. The predicted molar refractivity (Wildman–Crippen MR) is 182 cm³/mol. The van der Waals surface area contributed by atoms with E-state index in [1.54, 1.807) is 36.9 Å². The van der Waals surface area contributed by atoms with E-state index >= 15 is 0 Å². The summed E-state index contributed by atoms with van der Waals surface area (Å²) in [6.07, 6.45) is 2.64. The Morgan fingerprint density at radius 3 is 2.37 bits per heavy atom. The van der Waals surface area contributed by atoms with Crippen LogP contribution in [0.2, 0.25) is 0 Å². The average Bonchev–Trinajstić information content (AvgIpc) is 3.02. The Hall–Kier alpha value is -4.46. The number of nitrogens with one attached hydrogen (secondary N) is 3. The third-order valence-electron chi connectivity index (χ3n) is 7.24. The number of thioether (sulfide) groups is 1. The number of aromatic nitrogens is 1. The molecule has 4 aromatic rings. The highest BCUT2D eigenvalue weighted by atomic mass is 32.2. The largest absolute Gasteiger partial charge is 0.376 e. The van der Waals surface area contributed by atoms with E-state index in [0.717, 1.165) is 47.9 Å². The van der Waals surface area contributed by atoms with E-state index in [4.69, 9.17) is 0 Å². The lowest BCUT2D eigenvalue weighted by molar-refractivity contribution is -0.384. The number of aryl methyl sites for hydroxylation is 1. The molecule has 1 amide bonds. The second-order valence-corrected chi connectivity index (χ2v) is 13.8. The van der Waals surface area contributed by atoms with Crippen LogP contribution >= 0.6 is 11.8 Å². The van der Waals surface area contributed by atoms with E-state index < -0.39 is 31.4 Å². The average molecular weight is 664 g/mol.